The van der Waals surface area contributed by atoms with Crippen LogP contribution in [0.3, 0.4) is 0 Å². The molecule has 9 heteroatoms. The number of rotatable bonds is 8. The molecule has 2 aromatic rings. The monoisotopic (exact) mass is 508 g/mol. The standard InChI is InChI=1S/C28H36N4O5/c1-27(2,3)37-26(36)32-18-28(11-12-28)15-22(32)24(34)31-21(14-20-10-7-13-29-16-20)23(33)25(35)30-17-19-8-5-4-6-9-19/h4-10,13,16,21-23,33H,11-12,14-15,17-18H2,1-3H3,(H,30,35)(H,31,34)/t21-,22-,23?/m0/s1. The van der Waals surface area contributed by atoms with Gasteiger partial charge >= 0.3 is 6.09 Å². The van der Waals surface area contributed by atoms with E-state index in [0.717, 1.165) is 24.0 Å². The van der Waals surface area contributed by atoms with Gasteiger partial charge in [0, 0.05) is 25.5 Å². The minimum atomic E-state index is -1.50. The number of nitrogens with one attached hydrogen (secondary N) is 2. The van der Waals surface area contributed by atoms with Crippen molar-refractivity contribution in [3.63, 3.8) is 0 Å². The number of amides is 3. The van der Waals surface area contributed by atoms with Gasteiger partial charge in [-0.1, -0.05) is 36.4 Å². The Hall–Kier alpha value is -3.46. The fraction of sp³-hybridized carbons (Fsp3) is 0.500. The molecule has 1 aliphatic heterocycles. The molecule has 4 rings (SSSR count). The molecule has 3 atom stereocenters. The molecular formula is C28H36N4O5. The molecule has 1 spiro atoms. The molecule has 3 amide bonds. The van der Waals surface area contributed by atoms with E-state index in [4.69, 9.17) is 4.74 Å². The van der Waals surface area contributed by atoms with Gasteiger partial charge in [0.1, 0.15) is 11.6 Å². The summed E-state index contributed by atoms with van der Waals surface area (Å²) in [6.07, 6.45) is 3.89. The molecule has 1 saturated heterocycles. The number of carbonyl (C=O) groups excluding carboxylic acids is 3. The third kappa shape index (κ3) is 7.07. The van der Waals surface area contributed by atoms with E-state index in [1.165, 1.54) is 4.90 Å². The van der Waals surface area contributed by atoms with E-state index in [-0.39, 0.29) is 18.4 Å². The fourth-order valence-corrected chi connectivity index (χ4v) is 4.71. The van der Waals surface area contributed by atoms with Crippen molar-refractivity contribution in [2.75, 3.05) is 6.54 Å². The first-order chi connectivity index (χ1) is 17.6. The maximum Gasteiger partial charge on any atom is 0.410 e. The smallest absolute Gasteiger partial charge is 0.410 e. The van der Waals surface area contributed by atoms with Crippen LogP contribution in [0.15, 0.2) is 54.9 Å². The number of nitrogens with zero attached hydrogens (tertiary/aromatic N) is 2. The van der Waals surface area contributed by atoms with Crippen molar-refractivity contribution in [3.05, 3.63) is 66.0 Å². The summed E-state index contributed by atoms with van der Waals surface area (Å²) < 4.78 is 5.57. The first-order valence-corrected chi connectivity index (χ1v) is 12.7. The van der Waals surface area contributed by atoms with Crippen LogP contribution in [-0.2, 0) is 27.3 Å². The zero-order valence-electron chi connectivity index (χ0n) is 21.6. The highest BCUT2D eigenvalue weighted by Gasteiger charge is 2.56. The second-order valence-corrected chi connectivity index (χ2v) is 11.2. The Morgan fingerprint density at radius 1 is 1.14 bits per heavy atom. The molecule has 1 unspecified atom stereocenters. The predicted octanol–water partition coefficient (Wildman–Crippen LogP) is 2.58. The van der Waals surface area contributed by atoms with Crippen molar-refractivity contribution in [2.24, 2.45) is 5.41 Å². The minimum absolute atomic E-state index is 0.0522. The Balaban J connectivity index is 1.48. The maximum absolute atomic E-state index is 13.5. The number of aliphatic hydroxyl groups is 1. The summed E-state index contributed by atoms with van der Waals surface area (Å²) in [5.74, 6) is -0.995. The number of aromatic nitrogens is 1. The molecule has 198 valence electrons. The Morgan fingerprint density at radius 3 is 2.46 bits per heavy atom. The van der Waals surface area contributed by atoms with Crippen molar-refractivity contribution >= 4 is 17.9 Å². The van der Waals surface area contributed by atoms with E-state index in [1.807, 2.05) is 36.4 Å². The Kier molecular flexibility index (Phi) is 7.82. The predicted molar refractivity (Wildman–Crippen MR) is 137 cm³/mol. The second kappa shape index (κ2) is 10.9. The molecule has 9 nitrogen and oxygen atoms in total. The molecule has 1 saturated carbocycles. The van der Waals surface area contributed by atoms with Gasteiger partial charge in [-0.3, -0.25) is 19.5 Å². The van der Waals surface area contributed by atoms with Crippen LogP contribution >= 0.6 is 0 Å². The van der Waals surface area contributed by atoms with Gasteiger partial charge in [0.25, 0.3) is 5.91 Å². The topological polar surface area (TPSA) is 121 Å². The quantitative estimate of drug-likeness (QED) is 0.504. The number of hydrogen-bond acceptors (Lipinski definition) is 6. The van der Waals surface area contributed by atoms with Gasteiger partial charge in [0.15, 0.2) is 6.10 Å². The van der Waals surface area contributed by atoms with Crippen LogP contribution in [0, 0.1) is 5.41 Å². The first kappa shape index (κ1) is 26.6. The van der Waals surface area contributed by atoms with Gasteiger partial charge in [-0.2, -0.15) is 0 Å². The van der Waals surface area contributed by atoms with E-state index < -0.39 is 41.7 Å². The van der Waals surface area contributed by atoms with Crippen molar-refractivity contribution in [1.29, 1.82) is 0 Å². The molecule has 1 aromatic carbocycles. The number of pyridine rings is 1. The molecule has 2 fully saturated rings. The van der Waals surface area contributed by atoms with E-state index in [9.17, 15) is 19.5 Å². The highest BCUT2D eigenvalue weighted by molar-refractivity contribution is 5.88. The van der Waals surface area contributed by atoms with Crippen LogP contribution in [0.2, 0.25) is 0 Å². The average Bonchev–Trinajstić information content (AvgIpc) is 3.51. The summed E-state index contributed by atoms with van der Waals surface area (Å²) in [7, 11) is 0. The van der Waals surface area contributed by atoms with Crippen molar-refractivity contribution in [3.8, 4) is 0 Å². The van der Waals surface area contributed by atoms with Crippen molar-refractivity contribution in [2.45, 2.75) is 76.8 Å². The number of benzene rings is 1. The molecule has 37 heavy (non-hydrogen) atoms. The molecular weight excluding hydrogens is 472 g/mol. The van der Waals surface area contributed by atoms with Gasteiger partial charge in [0.05, 0.1) is 6.04 Å². The summed E-state index contributed by atoms with van der Waals surface area (Å²) >= 11 is 0. The zero-order chi connectivity index (χ0) is 26.6. The van der Waals surface area contributed by atoms with E-state index in [0.29, 0.717) is 13.0 Å². The Bertz CT molecular complexity index is 1100. The van der Waals surface area contributed by atoms with Crippen molar-refractivity contribution in [1.82, 2.24) is 20.5 Å². The van der Waals surface area contributed by atoms with Gasteiger partial charge in [-0.25, -0.2) is 4.79 Å². The molecule has 0 bridgehead atoms. The van der Waals surface area contributed by atoms with Crippen LogP contribution < -0.4 is 10.6 Å². The third-order valence-electron chi connectivity index (χ3n) is 6.86. The van der Waals surface area contributed by atoms with Gasteiger partial charge in [0.2, 0.25) is 5.91 Å². The zero-order valence-corrected chi connectivity index (χ0v) is 21.6. The van der Waals surface area contributed by atoms with Crippen LogP contribution in [0.4, 0.5) is 4.79 Å². The number of aliphatic hydroxyl groups excluding tert-OH is 1. The molecule has 0 radical (unpaired) electrons. The molecule has 2 aliphatic rings. The lowest BCUT2D eigenvalue weighted by atomic mass is 9.99. The summed E-state index contributed by atoms with van der Waals surface area (Å²) in [5.41, 5.74) is 0.915. The van der Waals surface area contributed by atoms with Gasteiger partial charge in [-0.15, -0.1) is 0 Å². The lowest BCUT2D eigenvalue weighted by Gasteiger charge is -2.30. The summed E-state index contributed by atoms with van der Waals surface area (Å²) in [5, 5.41) is 16.6. The number of hydrogen-bond donors (Lipinski definition) is 3. The second-order valence-electron chi connectivity index (χ2n) is 11.2. The van der Waals surface area contributed by atoms with Gasteiger partial charge in [-0.05, 0) is 69.1 Å². The maximum atomic E-state index is 13.5. The Labute approximate surface area is 217 Å². The van der Waals surface area contributed by atoms with Gasteiger partial charge < -0.3 is 20.5 Å². The van der Waals surface area contributed by atoms with Crippen molar-refractivity contribution < 1.29 is 24.2 Å². The normalized spacial score (nSPS) is 19.7. The SMILES string of the molecule is CC(C)(C)OC(=O)N1CC2(CC2)C[C@H]1C(=O)N[C@@H](Cc1cccnc1)C(O)C(=O)NCc1ccccc1. The third-order valence-corrected chi connectivity index (χ3v) is 6.86. The number of carbonyl (C=O) groups is 3. The first-order valence-electron chi connectivity index (χ1n) is 12.7. The largest absolute Gasteiger partial charge is 0.444 e. The number of likely N-dealkylation sites (tertiary alicyclic amines) is 1. The summed E-state index contributed by atoms with van der Waals surface area (Å²) in [6, 6.07) is 11.3. The highest BCUT2D eigenvalue weighted by Crippen LogP contribution is 2.55. The highest BCUT2D eigenvalue weighted by atomic mass is 16.6. The molecule has 3 N–H and O–H groups in total. The van der Waals surface area contributed by atoms with E-state index >= 15 is 0 Å². The summed E-state index contributed by atoms with van der Waals surface area (Å²) in [4.78, 5) is 44.9. The van der Waals surface area contributed by atoms with Crippen LogP contribution in [0.25, 0.3) is 0 Å². The van der Waals surface area contributed by atoms with E-state index in [1.54, 1.807) is 39.2 Å². The minimum Gasteiger partial charge on any atom is -0.444 e. The Morgan fingerprint density at radius 2 is 1.84 bits per heavy atom. The van der Waals surface area contributed by atoms with E-state index in [2.05, 4.69) is 15.6 Å². The molecule has 2 heterocycles. The summed E-state index contributed by atoms with van der Waals surface area (Å²) in [6.45, 7) is 6.08. The molecule has 1 aliphatic carbocycles. The molecule has 1 aromatic heterocycles. The fourth-order valence-electron chi connectivity index (χ4n) is 4.71. The van der Waals surface area contributed by atoms with Crippen LogP contribution in [0.5, 0.6) is 0 Å². The van der Waals surface area contributed by atoms with Crippen LogP contribution in [0.1, 0.15) is 51.2 Å². The lowest BCUT2D eigenvalue weighted by molar-refractivity contribution is -0.133. The van der Waals surface area contributed by atoms with Crippen LogP contribution in [-0.4, -0.2) is 63.2 Å². The average molecular weight is 509 g/mol. The lowest BCUT2D eigenvalue weighted by Crippen LogP contribution is -2.56. The number of ether oxygens (including phenoxy) is 1.